The van der Waals surface area contributed by atoms with Crippen molar-refractivity contribution >= 4 is 5.96 Å². The molecule has 1 aromatic heterocycles. The normalized spacial score (nSPS) is 16.1. The van der Waals surface area contributed by atoms with Gasteiger partial charge in [0.05, 0.1) is 12.4 Å². The number of nitrogens with one attached hydrogen (secondary N) is 2. The molecule has 1 fully saturated rings. The van der Waals surface area contributed by atoms with Crippen LogP contribution in [0.1, 0.15) is 35.1 Å². The lowest BCUT2D eigenvalue weighted by Gasteiger charge is -2.17. The summed E-state index contributed by atoms with van der Waals surface area (Å²) >= 11 is 0. The zero-order valence-electron chi connectivity index (χ0n) is 19.5. The third-order valence-electron chi connectivity index (χ3n) is 5.72. The summed E-state index contributed by atoms with van der Waals surface area (Å²) in [6.45, 7) is 5.64. The lowest BCUT2D eigenvalue weighted by molar-refractivity contribution is 0.0676. The van der Waals surface area contributed by atoms with Gasteiger partial charge in [-0.05, 0) is 42.5 Å². The number of nitrogens with zero attached hydrogens (tertiary/aromatic N) is 3. The van der Waals surface area contributed by atoms with E-state index in [1.54, 1.807) is 13.2 Å². The summed E-state index contributed by atoms with van der Waals surface area (Å²) in [6.07, 6.45) is 7.99. The summed E-state index contributed by atoms with van der Waals surface area (Å²) in [7, 11) is 1.79. The van der Waals surface area contributed by atoms with Crippen LogP contribution in [0.3, 0.4) is 0 Å². The largest absolute Gasteiger partial charge is 0.491 e. The minimum absolute atomic E-state index is 0.199. The Balaban J connectivity index is 1.31. The molecule has 1 aliphatic heterocycles. The van der Waals surface area contributed by atoms with Gasteiger partial charge < -0.3 is 24.7 Å². The number of aryl methyl sites for hydroxylation is 1. The van der Waals surface area contributed by atoms with Gasteiger partial charge in [-0.1, -0.05) is 36.4 Å². The zero-order chi connectivity index (χ0) is 22.9. The first-order valence-corrected chi connectivity index (χ1v) is 11.5. The van der Waals surface area contributed by atoms with Gasteiger partial charge in [-0.3, -0.25) is 4.99 Å². The average molecular weight is 448 g/mol. The Bertz CT molecular complexity index is 1040. The zero-order valence-corrected chi connectivity index (χ0v) is 19.5. The molecular weight excluding hydrogens is 414 g/mol. The highest BCUT2D eigenvalue weighted by Crippen LogP contribution is 2.22. The molecule has 2 N–H and O–H groups in total. The van der Waals surface area contributed by atoms with Crippen molar-refractivity contribution in [1.82, 2.24) is 20.2 Å². The average Bonchev–Trinajstić information content (AvgIpc) is 3.53. The summed E-state index contributed by atoms with van der Waals surface area (Å²) in [5, 5.41) is 6.82. The van der Waals surface area contributed by atoms with Gasteiger partial charge in [0, 0.05) is 51.2 Å². The van der Waals surface area contributed by atoms with Crippen LogP contribution in [0.15, 0.2) is 66.2 Å². The van der Waals surface area contributed by atoms with E-state index in [4.69, 9.17) is 9.47 Å². The van der Waals surface area contributed by atoms with Crippen molar-refractivity contribution < 1.29 is 9.47 Å². The molecule has 2 aromatic carbocycles. The van der Waals surface area contributed by atoms with E-state index in [1.807, 2.05) is 12.5 Å². The second-order valence-electron chi connectivity index (χ2n) is 8.39. The Labute approximate surface area is 195 Å². The van der Waals surface area contributed by atoms with Crippen LogP contribution in [0, 0.1) is 6.92 Å². The third kappa shape index (κ3) is 6.83. The van der Waals surface area contributed by atoms with E-state index in [0.717, 1.165) is 43.3 Å². The van der Waals surface area contributed by atoms with Crippen LogP contribution in [0.4, 0.5) is 0 Å². The topological polar surface area (TPSA) is 72.7 Å². The summed E-state index contributed by atoms with van der Waals surface area (Å²) in [4.78, 5) is 8.49. The van der Waals surface area contributed by atoms with Crippen LogP contribution >= 0.6 is 0 Å². The monoisotopic (exact) mass is 447 g/mol. The van der Waals surface area contributed by atoms with Crippen LogP contribution in [0.25, 0.3) is 0 Å². The smallest absolute Gasteiger partial charge is 0.191 e. The van der Waals surface area contributed by atoms with Crippen LogP contribution in [-0.4, -0.2) is 41.9 Å². The molecule has 0 saturated carbocycles. The fourth-order valence-electron chi connectivity index (χ4n) is 3.92. The lowest BCUT2D eigenvalue weighted by Crippen LogP contribution is -2.36. The minimum Gasteiger partial charge on any atom is -0.491 e. The van der Waals surface area contributed by atoms with Gasteiger partial charge in [-0.2, -0.15) is 0 Å². The van der Waals surface area contributed by atoms with E-state index in [0.29, 0.717) is 19.7 Å². The molecule has 3 aromatic rings. The molecule has 0 aliphatic carbocycles. The van der Waals surface area contributed by atoms with E-state index < -0.39 is 0 Å². The number of aliphatic imine (C=N–C) groups is 1. The van der Waals surface area contributed by atoms with E-state index in [9.17, 15) is 0 Å². The summed E-state index contributed by atoms with van der Waals surface area (Å²) < 4.78 is 13.9. The molecule has 33 heavy (non-hydrogen) atoms. The van der Waals surface area contributed by atoms with Crippen molar-refractivity contribution in [3.05, 3.63) is 83.4 Å². The number of benzene rings is 2. The van der Waals surface area contributed by atoms with Gasteiger partial charge in [-0.25, -0.2) is 4.98 Å². The van der Waals surface area contributed by atoms with Gasteiger partial charge in [0.2, 0.25) is 0 Å². The van der Waals surface area contributed by atoms with Crippen LogP contribution in [0.2, 0.25) is 0 Å². The maximum absolute atomic E-state index is 6.12. The second kappa shape index (κ2) is 11.5. The molecule has 1 saturated heterocycles. The van der Waals surface area contributed by atoms with Gasteiger partial charge in [0.1, 0.15) is 12.4 Å². The van der Waals surface area contributed by atoms with E-state index >= 15 is 0 Å². The quantitative estimate of drug-likeness (QED) is 0.387. The predicted molar refractivity (Wildman–Crippen MR) is 130 cm³/mol. The van der Waals surface area contributed by atoms with Gasteiger partial charge in [-0.15, -0.1) is 0 Å². The Hall–Kier alpha value is -3.32. The minimum atomic E-state index is 0.199. The highest BCUT2D eigenvalue weighted by molar-refractivity contribution is 5.79. The Morgan fingerprint density at radius 2 is 2.06 bits per heavy atom. The Morgan fingerprint density at radius 1 is 1.18 bits per heavy atom. The molecule has 1 unspecified atom stereocenters. The molecular formula is C26H33N5O2. The summed E-state index contributed by atoms with van der Waals surface area (Å²) in [5.41, 5.74) is 4.72. The van der Waals surface area contributed by atoms with Gasteiger partial charge >= 0.3 is 0 Å². The van der Waals surface area contributed by atoms with Crippen LogP contribution in [0.5, 0.6) is 5.75 Å². The maximum atomic E-state index is 6.12. The molecule has 4 rings (SSSR count). The molecule has 7 heteroatoms. The predicted octanol–water partition coefficient (Wildman–Crippen LogP) is 3.66. The summed E-state index contributed by atoms with van der Waals surface area (Å²) in [6, 6.07) is 14.9. The molecule has 0 spiro atoms. The van der Waals surface area contributed by atoms with Crippen molar-refractivity contribution in [3.63, 3.8) is 0 Å². The molecule has 0 bridgehead atoms. The van der Waals surface area contributed by atoms with Crippen molar-refractivity contribution in [1.29, 1.82) is 0 Å². The first kappa shape index (κ1) is 22.9. The van der Waals surface area contributed by atoms with Gasteiger partial charge in [0.15, 0.2) is 5.96 Å². The lowest BCUT2D eigenvalue weighted by atomic mass is 10.1. The van der Waals surface area contributed by atoms with Crippen molar-refractivity contribution in [2.24, 2.45) is 4.99 Å². The fraction of sp³-hybridized carbons (Fsp3) is 0.385. The molecule has 1 atom stereocenters. The van der Waals surface area contributed by atoms with Crippen molar-refractivity contribution in [2.45, 2.75) is 45.5 Å². The van der Waals surface area contributed by atoms with Crippen molar-refractivity contribution in [2.75, 3.05) is 20.3 Å². The number of imidazole rings is 1. The molecule has 7 nitrogen and oxygen atoms in total. The molecule has 174 valence electrons. The number of hydrogen-bond donors (Lipinski definition) is 2. The standard InChI is InChI=1S/C26H33N5O2/c1-20-8-9-23(25(13-20)33-18-24-7-4-12-32-24)16-30-26(27-2)29-15-21-5-3-6-22(14-21)17-31-11-10-28-19-31/h3,5-6,8-11,13-14,19,24H,4,7,12,15-18H2,1-2H3,(H2,27,29,30). The van der Waals surface area contributed by atoms with Gasteiger partial charge in [0.25, 0.3) is 0 Å². The molecule has 2 heterocycles. The third-order valence-corrected chi connectivity index (χ3v) is 5.72. The fourth-order valence-corrected chi connectivity index (χ4v) is 3.92. The molecule has 0 radical (unpaired) electrons. The maximum Gasteiger partial charge on any atom is 0.191 e. The van der Waals surface area contributed by atoms with Crippen LogP contribution in [-0.2, 0) is 24.4 Å². The number of hydrogen-bond acceptors (Lipinski definition) is 4. The van der Waals surface area contributed by atoms with Crippen molar-refractivity contribution in [3.8, 4) is 5.75 Å². The SMILES string of the molecule is CN=C(NCc1cccc(Cn2ccnc2)c1)NCc1ccc(C)cc1OCC1CCCO1. The second-order valence-corrected chi connectivity index (χ2v) is 8.39. The highest BCUT2D eigenvalue weighted by Gasteiger charge is 2.17. The summed E-state index contributed by atoms with van der Waals surface area (Å²) in [5.74, 6) is 1.65. The number of guanidine groups is 1. The first-order valence-electron chi connectivity index (χ1n) is 11.5. The highest BCUT2D eigenvalue weighted by atomic mass is 16.5. The van der Waals surface area contributed by atoms with E-state index in [-0.39, 0.29) is 6.10 Å². The first-order chi connectivity index (χ1) is 16.2. The number of aromatic nitrogens is 2. The molecule has 1 aliphatic rings. The van der Waals surface area contributed by atoms with Crippen LogP contribution < -0.4 is 15.4 Å². The Kier molecular flexibility index (Phi) is 7.98. The number of rotatable bonds is 9. The Morgan fingerprint density at radius 3 is 2.85 bits per heavy atom. The molecule has 0 amide bonds. The van der Waals surface area contributed by atoms with E-state index in [2.05, 4.69) is 74.6 Å². The van der Waals surface area contributed by atoms with E-state index in [1.165, 1.54) is 16.7 Å². The number of ether oxygens (including phenoxy) is 2.